The molecule has 0 saturated carbocycles. The third-order valence-electron chi connectivity index (χ3n) is 9.36. The summed E-state index contributed by atoms with van der Waals surface area (Å²) in [5.41, 5.74) is 3.51. The minimum atomic E-state index is -2.18. The minimum absolute atomic E-state index is 0.0372. The Labute approximate surface area is 315 Å². The molecular formula is C42H48O12. The Kier molecular flexibility index (Phi) is 14.0. The maximum absolute atomic E-state index is 12.4. The van der Waals surface area contributed by atoms with Crippen LogP contribution in [0.15, 0.2) is 121 Å². The van der Waals surface area contributed by atoms with Crippen LogP contribution in [0, 0.1) is 0 Å². The first-order valence-corrected chi connectivity index (χ1v) is 18.0. The summed E-state index contributed by atoms with van der Waals surface area (Å²) < 4.78 is 49.1. The van der Waals surface area contributed by atoms with Crippen LogP contribution in [-0.2, 0) is 69.1 Å². The Morgan fingerprint density at radius 2 is 1.13 bits per heavy atom. The fourth-order valence-corrected chi connectivity index (χ4v) is 6.59. The molecule has 8 atom stereocenters. The number of hydrogen-bond acceptors (Lipinski definition) is 12. The molecule has 288 valence electrons. The van der Waals surface area contributed by atoms with Crippen molar-refractivity contribution in [1.29, 1.82) is 0 Å². The van der Waals surface area contributed by atoms with Crippen molar-refractivity contribution in [2.75, 3.05) is 26.4 Å². The summed E-state index contributed by atoms with van der Waals surface area (Å²) in [7, 11) is 0. The Morgan fingerprint density at radius 1 is 0.648 bits per heavy atom. The normalized spacial score (nSPS) is 27.9. The maximum Gasteiger partial charge on any atom is 0.302 e. The van der Waals surface area contributed by atoms with Crippen LogP contribution in [0.25, 0.3) is 0 Å². The van der Waals surface area contributed by atoms with Gasteiger partial charge >= 0.3 is 5.97 Å². The highest BCUT2D eigenvalue weighted by Crippen LogP contribution is 2.40. The predicted octanol–water partition coefficient (Wildman–Crippen LogP) is 4.07. The molecule has 0 amide bonds. The lowest BCUT2D eigenvalue weighted by Crippen LogP contribution is -2.55. The van der Waals surface area contributed by atoms with Gasteiger partial charge in [-0.2, -0.15) is 0 Å². The van der Waals surface area contributed by atoms with Gasteiger partial charge in [-0.15, -0.1) is 0 Å². The molecule has 0 aromatic heterocycles. The summed E-state index contributed by atoms with van der Waals surface area (Å²) in [5.74, 6) is -4.76. The molecule has 4 aromatic rings. The second kappa shape index (κ2) is 19.0. The number of carbonyl (C=O) groups excluding carboxylic acids is 1. The van der Waals surface area contributed by atoms with E-state index in [1.165, 1.54) is 6.92 Å². The number of esters is 1. The van der Waals surface area contributed by atoms with Crippen molar-refractivity contribution in [2.45, 2.75) is 81.5 Å². The predicted molar refractivity (Wildman–Crippen MR) is 194 cm³/mol. The summed E-state index contributed by atoms with van der Waals surface area (Å²) in [6.07, 6.45) is -6.58. The van der Waals surface area contributed by atoms with Crippen LogP contribution in [-0.4, -0.2) is 95.9 Å². The lowest BCUT2D eigenvalue weighted by Gasteiger charge is -2.37. The van der Waals surface area contributed by atoms with Gasteiger partial charge in [-0.1, -0.05) is 121 Å². The van der Waals surface area contributed by atoms with Crippen LogP contribution in [0.2, 0.25) is 0 Å². The fraction of sp³-hybridized carbons (Fsp3) is 0.405. The topological polar surface area (TPSA) is 152 Å². The minimum Gasteiger partial charge on any atom is -0.463 e. The average molecular weight is 745 g/mol. The molecule has 54 heavy (non-hydrogen) atoms. The zero-order chi connectivity index (χ0) is 37.8. The van der Waals surface area contributed by atoms with Crippen LogP contribution >= 0.6 is 0 Å². The van der Waals surface area contributed by atoms with Gasteiger partial charge in [0.15, 0.2) is 0 Å². The molecule has 0 bridgehead atoms. The number of aliphatic hydroxyl groups excluding tert-OH is 2. The van der Waals surface area contributed by atoms with Gasteiger partial charge in [0, 0.05) is 6.92 Å². The standard InChI is InChI=1S/C42H48O12/c1-30(44)48-27-35-37(45)39(50-24-33-18-10-4-11-19-33)42(28-43,54-35)52-29-41(46)40(51-25-34-20-12-5-13-21-34)38(49-23-32-16-8-3-9-17-32)36(53-41)26-47-22-31-14-6-2-7-15-31/h2-21,35-40,43,45-46H,22-29H2,1H3/t35-,36-,37-,38-,39+,40+,41-,42-/m1/s1. The van der Waals surface area contributed by atoms with Crippen LogP contribution in [0.5, 0.6) is 0 Å². The molecule has 3 N–H and O–H groups in total. The summed E-state index contributed by atoms with van der Waals surface area (Å²) in [4.78, 5) is 11.7. The molecule has 0 radical (unpaired) electrons. The molecule has 12 nitrogen and oxygen atoms in total. The maximum atomic E-state index is 12.4. The Bertz CT molecular complexity index is 1700. The van der Waals surface area contributed by atoms with Crippen LogP contribution in [0.4, 0.5) is 0 Å². The van der Waals surface area contributed by atoms with Gasteiger partial charge in [0.25, 0.3) is 0 Å². The quantitative estimate of drug-likeness (QED) is 0.119. The van der Waals surface area contributed by atoms with Crippen molar-refractivity contribution in [1.82, 2.24) is 0 Å². The van der Waals surface area contributed by atoms with Gasteiger partial charge in [-0.3, -0.25) is 4.79 Å². The summed E-state index contributed by atoms with van der Waals surface area (Å²) in [5, 5.41) is 34.7. The van der Waals surface area contributed by atoms with E-state index >= 15 is 0 Å². The number of aliphatic hydroxyl groups is 3. The smallest absolute Gasteiger partial charge is 0.302 e. The Hall–Kier alpha value is -4.05. The first kappa shape index (κ1) is 39.6. The van der Waals surface area contributed by atoms with E-state index in [0.717, 1.165) is 22.3 Å². The van der Waals surface area contributed by atoms with Gasteiger partial charge < -0.3 is 53.2 Å². The molecule has 2 aliphatic rings. The van der Waals surface area contributed by atoms with Crippen molar-refractivity contribution < 1.29 is 58.0 Å². The summed E-state index contributed by atoms with van der Waals surface area (Å²) >= 11 is 0. The summed E-state index contributed by atoms with van der Waals surface area (Å²) in [6, 6.07) is 38.0. The van der Waals surface area contributed by atoms with Gasteiger partial charge in [0.2, 0.25) is 11.6 Å². The van der Waals surface area contributed by atoms with E-state index in [0.29, 0.717) is 6.61 Å². The zero-order valence-electron chi connectivity index (χ0n) is 30.2. The highest BCUT2D eigenvalue weighted by Gasteiger charge is 2.61. The molecule has 6 rings (SSSR count). The van der Waals surface area contributed by atoms with Gasteiger partial charge in [0.1, 0.15) is 56.4 Å². The van der Waals surface area contributed by atoms with E-state index in [1.807, 2.05) is 121 Å². The molecule has 12 heteroatoms. The van der Waals surface area contributed by atoms with Crippen molar-refractivity contribution in [3.63, 3.8) is 0 Å². The van der Waals surface area contributed by atoms with E-state index in [9.17, 15) is 20.1 Å². The van der Waals surface area contributed by atoms with Crippen molar-refractivity contribution >= 4 is 5.97 Å². The third kappa shape index (κ3) is 10.2. The lowest BCUT2D eigenvalue weighted by atomic mass is 10.0. The van der Waals surface area contributed by atoms with Crippen LogP contribution in [0.3, 0.4) is 0 Å². The molecule has 4 aromatic carbocycles. The van der Waals surface area contributed by atoms with E-state index in [1.54, 1.807) is 0 Å². The number of carbonyl (C=O) groups is 1. The van der Waals surface area contributed by atoms with E-state index in [4.69, 9.17) is 37.9 Å². The first-order valence-electron chi connectivity index (χ1n) is 18.0. The molecule has 0 spiro atoms. The second-order valence-corrected chi connectivity index (χ2v) is 13.4. The van der Waals surface area contributed by atoms with E-state index in [-0.39, 0.29) is 33.0 Å². The lowest BCUT2D eigenvalue weighted by molar-refractivity contribution is -0.336. The first-order chi connectivity index (χ1) is 26.3. The number of hydrogen-bond donors (Lipinski definition) is 3. The van der Waals surface area contributed by atoms with Crippen molar-refractivity contribution in [2.24, 2.45) is 0 Å². The molecule has 0 aliphatic carbocycles. The molecule has 0 unspecified atom stereocenters. The van der Waals surface area contributed by atoms with E-state index in [2.05, 4.69) is 0 Å². The largest absolute Gasteiger partial charge is 0.463 e. The highest BCUT2D eigenvalue weighted by molar-refractivity contribution is 5.65. The number of ether oxygens (including phenoxy) is 8. The molecule has 2 aliphatic heterocycles. The fourth-order valence-electron chi connectivity index (χ4n) is 6.59. The van der Waals surface area contributed by atoms with E-state index < -0.39 is 67.4 Å². The molecule has 2 heterocycles. The Balaban J connectivity index is 1.27. The van der Waals surface area contributed by atoms with Gasteiger partial charge in [0.05, 0.1) is 33.0 Å². The summed E-state index contributed by atoms with van der Waals surface area (Å²) in [6.45, 7) is 0.177. The molecule has 2 fully saturated rings. The highest BCUT2D eigenvalue weighted by atomic mass is 16.8. The van der Waals surface area contributed by atoms with Crippen LogP contribution in [0.1, 0.15) is 29.2 Å². The molecule has 2 saturated heterocycles. The van der Waals surface area contributed by atoms with Crippen LogP contribution < -0.4 is 0 Å². The Morgan fingerprint density at radius 3 is 1.63 bits per heavy atom. The third-order valence-corrected chi connectivity index (χ3v) is 9.36. The SMILES string of the molecule is CC(=O)OC[C@H]1O[C@@](CO)(OC[C@@]2(O)O[C@H](COCc3ccccc3)[C@@H](OCc3ccccc3)[C@@H]2OCc2ccccc2)[C@@H](OCc2ccccc2)[C@@H]1O. The number of rotatable bonds is 19. The monoisotopic (exact) mass is 744 g/mol. The van der Waals surface area contributed by atoms with Crippen molar-refractivity contribution in [3.8, 4) is 0 Å². The van der Waals surface area contributed by atoms with Gasteiger partial charge in [-0.05, 0) is 22.3 Å². The number of benzene rings is 4. The van der Waals surface area contributed by atoms with Gasteiger partial charge in [-0.25, -0.2) is 0 Å². The second-order valence-electron chi connectivity index (χ2n) is 13.4. The average Bonchev–Trinajstić information content (AvgIpc) is 3.63. The zero-order valence-corrected chi connectivity index (χ0v) is 30.2. The molecular weight excluding hydrogens is 696 g/mol. The van der Waals surface area contributed by atoms with Crippen molar-refractivity contribution in [3.05, 3.63) is 144 Å².